The van der Waals surface area contributed by atoms with E-state index < -0.39 is 5.97 Å². The highest BCUT2D eigenvalue weighted by Crippen LogP contribution is 2.11. The quantitative estimate of drug-likeness (QED) is 0.623. The van der Waals surface area contributed by atoms with Crippen LogP contribution in [0.4, 0.5) is 16.3 Å². The van der Waals surface area contributed by atoms with E-state index in [0.717, 1.165) is 0 Å². The highest BCUT2D eigenvalue weighted by atomic mass is 16.5. The fourth-order valence-electron chi connectivity index (χ4n) is 1.72. The van der Waals surface area contributed by atoms with Gasteiger partial charge < -0.3 is 21.1 Å². The number of ether oxygens (including phenoxy) is 1. The third-order valence-corrected chi connectivity index (χ3v) is 2.84. The summed E-state index contributed by atoms with van der Waals surface area (Å²) in [5.41, 5.74) is 7.31. The number of H-pyrrole nitrogens is 1. The summed E-state index contributed by atoms with van der Waals surface area (Å²) in [6.07, 6.45) is 1.55. The van der Waals surface area contributed by atoms with Gasteiger partial charge in [0.1, 0.15) is 5.82 Å². The van der Waals surface area contributed by atoms with Crippen molar-refractivity contribution in [3.63, 3.8) is 0 Å². The predicted octanol–water partition coefficient (Wildman–Crippen LogP) is 1.49. The number of urea groups is 1. The number of carbonyl (C=O) groups is 2. The zero-order valence-corrected chi connectivity index (χ0v) is 12.1. The number of anilines is 2. The van der Waals surface area contributed by atoms with E-state index in [-0.39, 0.29) is 12.6 Å². The van der Waals surface area contributed by atoms with Crippen molar-refractivity contribution in [1.29, 1.82) is 0 Å². The Bertz CT molecular complexity index is 651. The van der Waals surface area contributed by atoms with Crippen molar-refractivity contribution in [2.24, 2.45) is 0 Å². The van der Waals surface area contributed by atoms with E-state index in [9.17, 15) is 9.59 Å². The first-order valence-corrected chi connectivity index (χ1v) is 6.70. The molecule has 0 saturated heterocycles. The van der Waals surface area contributed by atoms with Crippen molar-refractivity contribution >= 4 is 23.5 Å². The Morgan fingerprint density at radius 1 is 1.32 bits per heavy atom. The molecule has 1 aromatic heterocycles. The number of hydrogen-bond donors (Lipinski definition) is 4. The highest BCUT2D eigenvalue weighted by Gasteiger charge is 2.08. The van der Waals surface area contributed by atoms with E-state index in [1.807, 2.05) is 0 Å². The summed E-state index contributed by atoms with van der Waals surface area (Å²) >= 11 is 0. The van der Waals surface area contributed by atoms with E-state index in [0.29, 0.717) is 29.2 Å². The first-order chi connectivity index (χ1) is 10.6. The van der Waals surface area contributed by atoms with Gasteiger partial charge >= 0.3 is 12.0 Å². The summed E-state index contributed by atoms with van der Waals surface area (Å²) in [4.78, 5) is 23.3. The molecular weight excluding hydrogens is 286 g/mol. The number of rotatable bonds is 5. The summed E-state index contributed by atoms with van der Waals surface area (Å²) in [7, 11) is 0. The molecule has 0 aliphatic heterocycles. The van der Waals surface area contributed by atoms with Crippen LogP contribution < -0.4 is 16.4 Å². The molecule has 116 valence electrons. The Morgan fingerprint density at radius 2 is 2.05 bits per heavy atom. The minimum Gasteiger partial charge on any atom is -0.462 e. The van der Waals surface area contributed by atoms with Gasteiger partial charge in [-0.05, 0) is 31.2 Å². The Hall–Kier alpha value is -3.03. The standard InChI is InChI=1S/C14H17N5O3/c1-2-22-13(20)9-3-5-11(6-4-9)18-14(21)16-7-10-8-17-19-12(10)15/h3-6,8H,2,7H2,1H3,(H3,15,17,19)(H2,16,18,21). The maximum Gasteiger partial charge on any atom is 0.338 e. The molecule has 0 unspecified atom stereocenters. The van der Waals surface area contributed by atoms with E-state index in [1.165, 1.54) is 0 Å². The number of aromatic nitrogens is 2. The number of nitrogens with zero attached hydrogens (tertiary/aromatic N) is 1. The van der Waals surface area contributed by atoms with Crippen LogP contribution in [0.3, 0.4) is 0 Å². The molecule has 1 heterocycles. The second-order valence-corrected chi connectivity index (χ2v) is 4.41. The van der Waals surface area contributed by atoms with Crippen molar-refractivity contribution in [1.82, 2.24) is 15.5 Å². The van der Waals surface area contributed by atoms with Gasteiger partial charge in [0, 0.05) is 17.8 Å². The van der Waals surface area contributed by atoms with Gasteiger partial charge in [0.05, 0.1) is 18.4 Å². The molecule has 0 spiro atoms. The van der Waals surface area contributed by atoms with Gasteiger partial charge in [-0.15, -0.1) is 0 Å². The number of aromatic amines is 1. The van der Waals surface area contributed by atoms with E-state index >= 15 is 0 Å². The van der Waals surface area contributed by atoms with Gasteiger partial charge in [0.15, 0.2) is 0 Å². The van der Waals surface area contributed by atoms with Crippen LogP contribution in [0, 0.1) is 0 Å². The molecule has 8 heteroatoms. The molecule has 0 saturated carbocycles. The lowest BCUT2D eigenvalue weighted by Gasteiger charge is -2.08. The number of nitrogens with two attached hydrogens (primary N) is 1. The minimum atomic E-state index is -0.395. The second-order valence-electron chi connectivity index (χ2n) is 4.41. The van der Waals surface area contributed by atoms with E-state index in [2.05, 4.69) is 20.8 Å². The van der Waals surface area contributed by atoms with Gasteiger partial charge in [0.25, 0.3) is 0 Å². The molecule has 0 aliphatic rings. The second kappa shape index (κ2) is 7.11. The topological polar surface area (TPSA) is 122 Å². The molecule has 2 aromatic rings. The largest absolute Gasteiger partial charge is 0.462 e. The molecule has 2 rings (SSSR count). The molecule has 1 aromatic carbocycles. The fourth-order valence-corrected chi connectivity index (χ4v) is 1.72. The summed E-state index contributed by atoms with van der Waals surface area (Å²) < 4.78 is 4.88. The minimum absolute atomic E-state index is 0.259. The monoisotopic (exact) mass is 303 g/mol. The Kier molecular flexibility index (Phi) is 4.97. The molecule has 22 heavy (non-hydrogen) atoms. The average molecular weight is 303 g/mol. The summed E-state index contributed by atoms with van der Waals surface area (Å²) in [6.45, 7) is 2.32. The lowest BCUT2D eigenvalue weighted by atomic mass is 10.2. The fraction of sp³-hybridized carbons (Fsp3) is 0.214. The van der Waals surface area contributed by atoms with Crippen molar-refractivity contribution in [2.45, 2.75) is 13.5 Å². The first-order valence-electron chi connectivity index (χ1n) is 6.70. The number of nitrogens with one attached hydrogen (secondary N) is 3. The number of amides is 2. The molecule has 0 bridgehead atoms. The Balaban J connectivity index is 1.86. The number of esters is 1. The van der Waals surface area contributed by atoms with E-state index in [1.54, 1.807) is 37.4 Å². The summed E-state index contributed by atoms with van der Waals surface area (Å²) in [5.74, 6) is 0.0213. The smallest absolute Gasteiger partial charge is 0.338 e. The summed E-state index contributed by atoms with van der Waals surface area (Å²) in [6, 6.07) is 6.03. The molecule has 8 nitrogen and oxygen atoms in total. The number of benzene rings is 1. The van der Waals surface area contributed by atoms with Crippen molar-refractivity contribution in [2.75, 3.05) is 17.7 Å². The zero-order chi connectivity index (χ0) is 15.9. The Labute approximate surface area is 127 Å². The molecule has 0 radical (unpaired) electrons. The van der Waals surface area contributed by atoms with Crippen LogP contribution in [0.25, 0.3) is 0 Å². The van der Waals surface area contributed by atoms with Gasteiger partial charge in [-0.2, -0.15) is 5.10 Å². The highest BCUT2D eigenvalue weighted by molar-refractivity contribution is 5.92. The molecule has 0 aliphatic carbocycles. The Morgan fingerprint density at radius 3 is 2.64 bits per heavy atom. The van der Waals surface area contributed by atoms with Crippen LogP contribution >= 0.6 is 0 Å². The SMILES string of the molecule is CCOC(=O)c1ccc(NC(=O)NCc2cn[nH]c2N)cc1. The van der Waals surface area contributed by atoms with Crippen LogP contribution in [0.5, 0.6) is 0 Å². The van der Waals surface area contributed by atoms with E-state index in [4.69, 9.17) is 10.5 Å². The molecule has 0 atom stereocenters. The lowest BCUT2D eigenvalue weighted by molar-refractivity contribution is 0.0526. The maximum atomic E-state index is 11.8. The predicted molar refractivity (Wildman–Crippen MR) is 81.3 cm³/mol. The van der Waals surface area contributed by atoms with Gasteiger partial charge in [-0.25, -0.2) is 9.59 Å². The summed E-state index contributed by atoms with van der Waals surface area (Å²) in [5, 5.41) is 11.6. The lowest BCUT2D eigenvalue weighted by Crippen LogP contribution is -2.28. The number of carbonyl (C=O) groups excluding carboxylic acids is 2. The number of nitrogen functional groups attached to an aromatic ring is 1. The van der Waals surface area contributed by atoms with Gasteiger partial charge in [0.2, 0.25) is 0 Å². The molecule has 0 fully saturated rings. The normalized spacial score (nSPS) is 10.0. The van der Waals surface area contributed by atoms with Crippen LogP contribution in [-0.4, -0.2) is 28.8 Å². The third-order valence-electron chi connectivity index (χ3n) is 2.84. The van der Waals surface area contributed by atoms with Crippen molar-refractivity contribution in [3.05, 3.63) is 41.6 Å². The maximum absolute atomic E-state index is 11.8. The average Bonchev–Trinajstić information content (AvgIpc) is 2.91. The first kappa shape index (κ1) is 15.4. The van der Waals surface area contributed by atoms with Crippen LogP contribution in [0.2, 0.25) is 0 Å². The van der Waals surface area contributed by atoms with Gasteiger partial charge in [-0.1, -0.05) is 0 Å². The zero-order valence-electron chi connectivity index (χ0n) is 12.1. The van der Waals surface area contributed by atoms with Crippen LogP contribution in [-0.2, 0) is 11.3 Å². The third kappa shape index (κ3) is 3.98. The van der Waals surface area contributed by atoms with Crippen molar-refractivity contribution in [3.8, 4) is 0 Å². The molecule has 5 N–H and O–H groups in total. The molecular formula is C14H17N5O3. The molecule has 2 amide bonds. The van der Waals surface area contributed by atoms with Crippen LogP contribution in [0.1, 0.15) is 22.8 Å². The van der Waals surface area contributed by atoms with Gasteiger partial charge in [-0.3, -0.25) is 5.10 Å². The number of hydrogen-bond acceptors (Lipinski definition) is 5. The van der Waals surface area contributed by atoms with Crippen molar-refractivity contribution < 1.29 is 14.3 Å². The van der Waals surface area contributed by atoms with Crippen LogP contribution in [0.15, 0.2) is 30.5 Å².